The molecule has 0 radical (unpaired) electrons. The second-order valence-electron chi connectivity index (χ2n) is 4.14. The van der Waals surface area contributed by atoms with Crippen molar-refractivity contribution in [1.29, 1.82) is 0 Å². The SMILES string of the molecule is O=C(CC(F)(F)F)NCCC1CCCNC1. The van der Waals surface area contributed by atoms with Gasteiger partial charge in [0.2, 0.25) is 5.91 Å². The van der Waals surface area contributed by atoms with Gasteiger partial charge in [0.25, 0.3) is 0 Å². The molecule has 0 bridgehead atoms. The van der Waals surface area contributed by atoms with Gasteiger partial charge in [-0.3, -0.25) is 4.79 Å². The molecule has 2 N–H and O–H groups in total. The number of nitrogens with one attached hydrogen (secondary N) is 2. The second kappa shape index (κ2) is 6.08. The summed E-state index contributed by atoms with van der Waals surface area (Å²) >= 11 is 0. The molecule has 0 aromatic heterocycles. The van der Waals surface area contributed by atoms with Crippen molar-refractivity contribution in [2.75, 3.05) is 19.6 Å². The van der Waals surface area contributed by atoms with E-state index in [1.165, 1.54) is 0 Å². The van der Waals surface area contributed by atoms with Crippen LogP contribution >= 0.6 is 0 Å². The summed E-state index contributed by atoms with van der Waals surface area (Å²) in [5, 5.41) is 5.52. The number of amides is 1. The van der Waals surface area contributed by atoms with Crippen molar-refractivity contribution in [1.82, 2.24) is 10.6 Å². The van der Waals surface area contributed by atoms with Crippen molar-refractivity contribution >= 4 is 5.91 Å². The van der Waals surface area contributed by atoms with Gasteiger partial charge in [0, 0.05) is 6.54 Å². The minimum atomic E-state index is -4.41. The van der Waals surface area contributed by atoms with E-state index >= 15 is 0 Å². The van der Waals surface area contributed by atoms with E-state index in [1.807, 2.05) is 0 Å². The predicted molar refractivity (Wildman–Crippen MR) is 53.9 cm³/mol. The first-order chi connectivity index (χ1) is 7.47. The van der Waals surface area contributed by atoms with Crippen LogP contribution in [-0.2, 0) is 4.79 Å². The first kappa shape index (κ1) is 13.3. The number of alkyl halides is 3. The van der Waals surface area contributed by atoms with Crippen LogP contribution in [-0.4, -0.2) is 31.7 Å². The number of rotatable bonds is 4. The fourth-order valence-electron chi connectivity index (χ4n) is 1.83. The Bertz CT molecular complexity index is 225. The Morgan fingerprint density at radius 3 is 2.75 bits per heavy atom. The average molecular weight is 238 g/mol. The first-order valence-electron chi connectivity index (χ1n) is 5.51. The van der Waals surface area contributed by atoms with Crippen LogP contribution in [0.4, 0.5) is 13.2 Å². The number of halogens is 3. The highest BCUT2D eigenvalue weighted by Crippen LogP contribution is 2.19. The number of piperidine rings is 1. The van der Waals surface area contributed by atoms with Crippen molar-refractivity contribution in [3.63, 3.8) is 0 Å². The summed E-state index contributed by atoms with van der Waals surface area (Å²) in [5.74, 6) is -0.462. The molecule has 1 unspecified atom stereocenters. The molecule has 1 aliphatic heterocycles. The summed E-state index contributed by atoms with van der Waals surface area (Å²) in [6, 6.07) is 0. The van der Waals surface area contributed by atoms with Crippen LogP contribution in [0.1, 0.15) is 25.7 Å². The van der Waals surface area contributed by atoms with Gasteiger partial charge in [-0.15, -0.1) is 0 Å². The summed E-state index contributed by atoms with van der Waals surface area (Å²) in [4.78, 5) is 10.9. The van der Waals surface area contributed by atoms with Crippen molar-refractivity contribution in [3.05, 3.63) is 0 Å². The molecule has 16 heavy (non-hydrogen) atoms. The molecule has 1 saturated heterocycles. The van der Waals surface area contributed by atoms with Gasteiger partial charge in [-0.25, -0.2) is 0 Å². The average Bonchev–Trinajstić information content (AvgIpc) is 2.16. The maximum absolute atomic E-state index is 11.8. The van der Waals surface area contributed by atoms with Gasteiger partial charge in [0.15, 0.2) is 0 Å². The van der Waals surface area contributed by atoms with Crippen molar-refractivity contribution < 1.29 is 18.0 Å². The number of carbonyl (C=O) groups excluding carboxylic acids is 1. The quantitative estimate of drug-likeness (QED) is 0.778. The lowest BCUT2D eigenvalue weighted by Gasteiger charge is -2.22. The van der Waals surface area contributed by atoms with Gasteiger partial charge in [-0.05, 0) is 38.3 Å². The third-order valence-electron chi connectivity index (χ3n) is 2.63. The third kappa shape index (κ3) is 5.95. The van der Waals surface area contributed by atoms with Crippen LogP contribution in [0, 0.1) is 5.92 Å². The monoisotopic (exact) mass is 238 g/mol. The second-order valence-corrected chi connectivity index (χ2v) is 4.14. The molecule has 0 spiro atoms. The molecule has 0 aromatic carbocycles. The fraction of sp³-hybridized carbons (Fsp3) is 0.900. The highest BCUT2D eigenvalue weighted by molar-refractivity contribution is 5.76. The van der Waals surface area contributed by atoms with E-state index in [0.29, 0.717) is 12.5 Å². The van der Waals surface area contributed by atoms with Crippen molar-refractivity contribution in [2.45, 2.75) is 31.9 Å². The summed E-state index contributed by atoms with van der Waals surface area (Å²) in [5.41, 5.74) is 0. The maximum Gasteiger partial charge on any atom is 0.397 e. The highest BCUT2D eigenvalue weighted by Gasteiger charge is 2.30. The minimum absolute atomic E-state index is 0.335. The Hall–Kier alpha value is -0.780. The van der Waals surface area contributed by atoms with E-state index in [1.54, 1.807) is 0 Å². The first-order valence-corrected chi connectivity index (χ1v) is 5.51. The Kier molecular flexibility index (Phi) is 5.05. The van der Waals surface area contributed by atoms with Crippen molar-refractivity contribution in [3.8, 4) is 0 Å². The molecule has 0 saturated carbocycles. The van der Waals surface area contributed by atoms with Crippen LogP contribution in [0.3, 0.4) is 0 Å². The van der Waals surface area contributed by atoms with E-state index in [0.717, 1.165) is 32.4 Å². The molecule has 1 rings (SSSR count). The largest absolute Gasteiger partial charge is 0.397 e. The van der Waals surface area contributed by atoms with Crippen LogP contribution in [0.15, 0.2) is 0 Å². The Labute approximate surface area is 92.8 Å². The van der Waals surface area contributed by atoms with Crippen molar-refractivity contribution in [2.24, 2.45) is 5.92 Å². The van der Waals surface area contributed by atoms with E-state index in [4.69, 9.17) is 0 Å². The zero-order chi connectivity index (χ0) is 12.0. The predicted octanol–water partition coefficient (Wildman–Crippen LogP) is 1.44. The molecular formula is C10H17F3N2O. The smallest absolute Gasteiger partial charge is 0.356 e. The molecular weight excluding hydrogens is 221 g/mol. The molecule has 3 nitrogen and oxygen atoms in total. The zero-order valence-corrected chi connectivity index (χ0v) is 9.07. The fourth-order valence-corrected chi connectivity index (χ4v) is 1.83. The van der Waals surface area contributed by atoms with Gasteiger partial charge < -0.3 is 10.6 Å². The van der Waals surface area contributed by atoms with Crippen LogP contribution < -0.4 is 10.6 Å². The van der Waals surface area contributed by atoms with Crippen LogP contribution in [0.5, 0.6) is 0 Å². The van der Waals surface area contributed by atoms with Gasteiger partial charge in [0.1, 0.15) is 6.42 Å². The Morgan fingerprint density at radius 2 is 2.19 bits per heavy atom. The summed E-state index contributed by atoms with van der Waals surface area (Å²) < 4.78 is 35.5. The molecule has 1 atom stereocenters. The van der Waals surface area contributed by atoms with Gasteiger partial charge in [-0.2, -0.15) is 13.2 Å². The number of hydrogen-bond donors (Lipinski definition) is 2. The lowest BCUT2D eigenvalue weighted by atomic mass is 9.96. The van der Waals surface area contributed by atoms with Crippen LogP contribution in [0.25, 0.3) is 0 Å². The zero-order valence-electron chi connectivity index (χ0n) is 9.07. The van der Waals surface area contributed by atoms with Gasteiger partial charge in [-0.1, -0.05) is 0 Å². The number of hydrogen-bond acceptors (Lipinski definition) is 2. The van der Waals surface area contributed by atoms with E-state index < -0.39 is 18.5 Å². The lowest BCUT2D eigenvalue weighted by molar-refractivity contribution is -0.153. The standard InChI is InChI=1S/C10H17F3N2O/c11-10(12,13)6-9(16)15-5-3-8-2-1-4-14-7-8/h8,14H,1-7H2,(H,15,16). The molecule has 0 aromatic rings. The summed E-state index contributed by atoms with van der Waals surface area (Å²) in [7, 11) is 0. The lowest BCUT2D eigenvalue weighted by Crippen LogP contribution is -2.34. The minimum Gasteiger partial charge on any atom is -0.356 e. The Balaban J connectivity index is 2.08. The van der Waals surface area contributed by atoms with E-state index in [9.17, 15) is 18.0 Å². The maximum atomic E-state index is 11.8. The normalized spacial score (nSPS) is 21.8. The van der Waals surface area contributed by atoms with E-state index in [2.05, 4.69) is 10.6 Å². The summed E-state index contributed by atoms with van der Waals surface area (Å²) in [6.07, 6.45) is -2.85. The molecule has 0 aliphatic carbocycles. The summed E-state index contributed by atoms with van der Waals surface area (Å²) in [6.45, 7) is 2.24. The third-order valence-corrected chi connectivity index (χ3v) is 2.63. The van der Waals surface area contributed by atoms with E-state index in [-0.39, 0.29) is 0 Å². The van der Waals surface area contributed by atoms with Gasteiger partial charge >= 0.3 is 6.18 Å². The molecule has 6 heteroatoms. The van der Waals surface area contributed by atoms with Gasteiger partial charge in [0.05, 0.1) is 0 Å². The molecule has 1 amide bonds. The molecule has 1 heterocycles. The highest BCUT2D eigenvalue weighted by atomic mass is 19.4. The molecule has 1 fully saturated rings. The molecule has 94 valence electrons. The van der Waals surface area contributed by atoms with Crippen LogP contribution in [0.2, 0.25) is 0 Å². The number of carbonyl (C=O) groups is 1. The Morgan fingerprint density at radius 1 is 1.44 bits per heavy atom. The topological polar surface area (TPSA) is 41.1 Å². The molecule has 1 aliphatic rings.